The molecule has 0 aromatic carbocycles. The molecule has 1 heterocycles. The summed E-state index contributed by atoms with van der Waals surface area (Å²) in [6, 6.07) is 0. The maximum Gasteiger partial charge on any atom is 0.168 e. The fourth-order valence-corrected chi connectivity index (χ4v) is 1.32. The highest BCUT2D eigenvalue weighted by molar-refractivity contribution is 7.15. The first-order valence-corrected chi connectivity index (χ1v) is 3.70. The Morgan fingerprint density at radius 3 is 3.20 bits per heavy atom. The molecule has 0 atom stereocenters. The highest BCUT2D eigenvalue weighted by Gasteiger charge is 1.97. The molecule has 0 unspecified atom stereocenters. The predicted molar refractivity (Wildman–Crippen MR) is 41.5 cm³/mol. The first-order chi connectivity index (χ1) is 4.83. The summed E-state index contributed by atoms with van der Waals surface area (Å²) in [5.74, 6) is 0. The average molecular weight is 177 g/mol. The lowest BCUT2D eigenvalue weighted by Crippen LogP contribution is -1.82. The highest BCUT2D eigenvalue weighted by atomic mass is 35.5. The van der Waals surface area contributed by atoms with Crippen LogP contribution in [-0.2, 0) is 11.4 Å². The molecule has 3 nitrogen and oxygen atoms in total. The van der Waals surface area contributed by atoms with Crippen LogP contribution in [0.5, 0.6) is 0 Å². The lowest BCUT2D eigenvalue weighted by atomic mass is 10.8. The number of nitrogens with zero attached hydrogens (tertiary/aromatic N) is 2. The smallest absolute Gasteiger partial charge is 0.168 e. The Hall–Kier alpha value is -0.610. The van der Waals surface area contributed by atoms with Gasteiger partial charge < -0.3 is 4.84 Å². The maximum atomic E-state index is 5.59. The van der Waals surface area contributed by atoms with Crippen LogP contribution < -0.4 is 0 Å². The van der Waals surface area contributed by atoms with E-state index in [1.807, 2.05) is 0 Å². The predicted octanol–water partition coefficient (Wildman–Crippen LogP) is 1.93. The second-order valence-corrected chi connectivity index (χ2v) is 3.21. The van der Waals surface area contributed by atoms with Crippen LogP contribution in [0.1, 0.15) is 5.01 Å². The van der Waals surface area contributed by atoms with Gasteiger partial charge in [-0.05, 0) is 0 Å². The van der Waals surface area contributed by atoms with E-state index in [1.54, 1.807) is 6.20 Å². The van der Waals surface area contributed by atoms with Gasteiger partial charge in [-0.25, -0.2) is 4.98 Å². The van der Waals surface area contributed by atoms with E-state index in [-0.39, 0.29) is 0 Å². The molecule has 0 saturated heterocycles. The molecule has 0 amide bonds. The van der Waals surface area contributed by atoms with Gasteiger partial charge in [0.1, 0.15) is 9.34 Å². The summed E-state index contributed by atoms with van der Waals surface area (Å²) in [5.41, 5.74) is 0. The summed E-state index contributed by atoms with van der Waals surface area (Å²) in [6.07, 6.45) is 1.58. The SMILES string of the molecule is C=NOCc1ncc(Cl)s1. The van der Waals surface area contributed by atoms with Gasteiger partial charge in [0.05, 0.1) is 6.20 Å². The fraction of sp³-hybridized carbons (Fsp3) is 0.200. The lowest BCUT2D eigenvalue weighted by molar-refractivity contribution is 0.133. The van der Waals surface area contributed by atoms with Gasteiger partial charge in [-0.1, -0.05) is 11.6 Å². The number of halogens is 1. The molecule has 5 heteroatoms. The van der Waals surface area contributed by atoms with Crippen molar-refractivity contribution >= 4 is 29.7 Å². The minimum absolute atomic E-state index is 0.348. The van der Waals surface area contributed by atoms with E-state index >= 15 is 0 Å². The average Bonchev–Trinajstić information content (AvgIpc) is 2.31. The van der Waals surface area contributed by atoms with Gasteiger partial charge >= 0.3 is 0 Å². The van der Waals surface area contributed by atoms with Crippen molar-refractivity contribution < 1.29 is 4.84 Å². The third-order valence-electron chi connectivity index (χ3n) is 0.805. The van der Waals surface area contributed by atoms with Crippen LogP contribution in [0.15, 0.2) is 11.4 Å². The molecule has 54 valence electrons. The van der Waals surface area contributed by atoms with Gasteiger partial charge in [0.25, 0.3) is 0 Å². The zero-order chi connectivity index (χ0) is 7.40. The van der Waals surface area contributed by atoms with Gasteiger partial charge in [-0.3, -0.25) is 0 Å². The normalized spacial score (nSPS) is 9.30. The molecule has 0 aliphatic carbocycles. The number of thiazole rings is 1. The van der Waals surface area contributed by atoms with E-state index < -0.39 is 0 Å². The van der Waals surface area contributed by atoms with Crippen LogP contribution in [0.4, 0.5) is 0 Å². The fourth-order valence-electron chi connectivity index (χ4n) is 0.456. The summed E-state index contributed by atoms with van der Waals surface area (Å²) < 4.78 is 0.655. The van der Waals surface area contributed by atoms with Gasteiger partial charge in [0, 0.05) is 6.72 Å². The Balaban J connectivity index is 2.49. The molecular weight excluding hydrogens is 172 g/mol. The molecule has 0 saturated carbocycles. The standard InChI is InChI=1S/C5H5ClN2OS/c1-7-9-3-5-8-2-4(6)10-5/h2H,1,3H2. The van der Waals surface area contributed by atoms with Crippen molar-refractivity contribution in [2.24, 2.45) is 5.16 Å². The van der Waals surface area contributed by atoms with Gasteiger partial charge in [0.2, 0.25) is 0 Å². The minimum atomic E-state index is 0.348. The van der Waals surface area contributed by atoms with E-state index in [4.69, 9.17) is 11.6 Å². The van der Waals surface area contributed by atoms with Crippen LogP contribution in [0.25, 0.3) is 0 Å². The van der Waals surface area contributed by atoms with E-state index in [0.29, 0.717) is 10.9 Å². The largest absolute Gasteiger partial charge is 0.389 e. The zero-order valence-corrected chi connectivity index (χ0v) is 6.65. The highest BCUT2D eigenvalue weighted by Crippen LogP contribution is 2.18. The Kier molecular flexibility index (Phi) is 2.65. The molecule has 1 aromatic rings. The van der Waals surface area contributed by atoms with Gasteiger partial charge in [0.15, 0.2) is 6.61 Å². The van der Waals surface area contributed by atoms with Crippen LogP contribution in [0, 0.1) is 0 Å². The summed E-state index contributed by atoms with van der Waals surface area (Å²) in [7, 11) is 0. The van der Waals surface area contributed by atoms with Crippen molar-refractivity contribution in [1.29, 1.82) is 0 Å². The van der Waals surface area contributed by atoms with Crippen molar-refractivity contribution in [2.45, 2.75) is 6.61 Å². The van der Waals surface area contributed by atoms with E-state index in [9.17, 15) is 0 Å². The molecule has 1 aromatic heterocycles. The Morgan fingerprint density at radius 2 is 2.70 bits per heavy atom. The number of hydrogen-bond acceptors (Lipinski definition) is 4. The van der Waals surface area contributed by atoms with Crippen molar-refractivity contribution in [1.82, 2.24) is 4.98 Å². The number of oxime groups is 1. The van der Waals surface area contributed by atoms with Gasteiger partial charge in [-0.2, -0.15) is 0 Å². The van der Waals surface area contributed by atoms with E-state index in [1.165, 1.54) is 11.3 Å². The van der Waals surface area contributed by atoms with Crippen LogP contribution >= 0.6 is 22.9 Å². The quantitative estimate of drug-likeness (QED) is 0.521. The molecule has 10 heavy (non-hydrogen) atoms. The summed E-state index contributed by atoms with van der Waals surface area (Å²) in [6.45, 7) is 3.50. The number of hydrogen-bond donors (Lipinski definition) is 0. The topological polar surface area (TPSA) is 34.5 Å². The second-order valence-electron chi connectivity index (χ2n) is 1.46. The van der Waals surface area contributed by atoms with Crippen LogP contribution in [-0.4, -0.2) is 11.7 Å². The number of aromatic nitrogens is 1. The van der Waals surface area contributed by atoms with Crippen molar-refractivity contribution in [3.63, 3.8) is 0 Å². The van der Waals surface area contributed by atoms with Gasteiger partial charge in [-0.15, -0.1) is 16.5 Å². The monoisotopic (exact) mass is 176 g/mol. The summed E-state index contributed by atoms with van der Waals surface area (Å²) >= 11 is 6.96. The van der Waals surface area contributed by atoms with Crippen LogP contribution in [0.3, 0.4) is 0 Å². The summed E-state index contributed by atoms with van der Waals surface area (Å²) in [4.78, 5) is 8.56. The van der Waals surface area contributed by atoms with E-state index in [0.717, 1.165) is 5.01 Å². The molecule has 0 bridgehead atoms. The zero-order valence-electron chi connectivity index (χ0n) is 5.08. The third kappa shape index (κ3) is 1.97. The molecular formula is C5H5ClN2OS. The first kappa shape index (κ1) is 7.50. The molecule has 0 fully saturated rings. The maximum absolute atomic E-state index is 5.59. The molecule has 0 radical (unpaired) electrons. The van der Waals surface area contributed by atoms with Crippen molar-refractivity contribution in [3.8, 4) is 0 Å². The second kappa shape index (κ2) is 3.53. The number of rotatable bonds is 3. The summed E-state index contributed by atoms with van der Waals surface area (Å²) in [5, 5.41) is 4.02. The molecule has 1 rings (SSSR count). The Morgan fingerprint density at radius 1 is 1.90 bits per heavy atom. The molecule has 0 aliphatic rings. The Bertz CT molecular complexity index is 225. The molecule has 0 N–H and O–H groups in total. The first-order valence-electron chi connectivity index (χ1n) is 2.51. The van der Waals surface area contributed by atoms with Crippen LogP contribution in [0.2, 0.25) is 4.34 Å². The molecule has 0 aliphatic heterocycles. The lowest BCUT2D eigenvalue weighted by Gasteiger charge is -1.90. The van der Waals surface area contributed by atoms with E-state index in [2.05, 4.69) is 21.7 Å². The van der Waals surface area contributed by atoms with Crippen molar-refractivity contribution in [3.05, 3.63) is 15.5 Å². The van der Waals surface area contributed by atoms with Crippen molar-refractivity contribution in [2.75, 3.05) is 0 Å². The molecule has 0 spiro atoms. The Labute approximate surface area is 67.3 Å². The third-order valence-corrected chi connectivity index (χ3v) is 1.89. The minimum Gasteiger partial charge on any atom is -0.389 e.